The van der Waals surface area contributed by atoms with Crippen LogP contribution >= 0.6 is 0 Å². The Morgan fingerprint density at radius 3 is 2.86 bits per heavy atom. The number of aliphatic imine (C=N–C) groups is 1. The summed E-state index contributed by atoms with van der Waals surface area (Å²) in [4.78, 5) is 21.6. The monoisotopic (exact) mass is 381 g/mol. The summed E-state index contributed by atoms with van der Waals surface area (Å²) in [5.41, 5.74) is 2.52. The van der Waals surface area contributed by atoms with Crippen LogP contribution in [-0.2, 0) is 4.79 Å². The van der Waals surface area contributed by atoms with Crippen molar-refractivity contribution in [1.29, 1.82) is 0 Å². The van der Waals surface area contributed by atoms with Crippen LogP contribution in [0.5, 0.6) is 5.75 Å². The van der Waals surface area contributed by atoms with Gasteiger partial charge in [-0.15, -0.1) is 0 Å². The molecule has 2 heterocycles. The van der Waals surface area contributed by atoms with Gasteiger partial charge < -0.3 is 14.5 Å². The molecule has 1 aromatic carbocycles. The lowest BCUT2D eigenvalue weighted by molar-refractivity contribution is -0.113. The number of allylic oxidation sites excluding steroid dienone is 4. The number of rotatable bonds is 1. The molecule has 4 bridgehead atoms. The normalized spacial score (nSPS) is 22.3. The van der Waals surface area contributed by atoms with Gasteiger partial charge >= 0.3 is 0 Å². The third kappa shape index (κ3) is 4.98. The first-order chi connectivity index (χ1) is 13.6. The summed E-state index contributed by atoms with van der Waals surface area (Å²) >= 11 is 0. The van der Waals surface area contributed by atoms with Crippen LogP contribution in [0.3, 0.4) is 0 Å². The van der Waals surface area contributed by atoms with Gasteiger partial charge in [0.1, 0.15) is 17.3 Å². The van der Waals surface area contributed by atoms with Crippen molar-refractivity contribution in [2.24, 2.45) is 4.99 Å². The topological polar surface area (TPSA) is 45.1 Å². The van der Waals surface area contributed by atoms with E-state index in [4.69, 9.17) is 9.73 Å². The molecule has 0 spiro atoms. The average Bonchev–Trinajstić information content (AvgIpc) is 2.69. The second-order valence-corrected chi connectivity index (χ2v) is 7.22. The van der Waals surface area contributed by atoms with Gasteiger partial charge in [0.25, 0.3) is 0 Å². The minimum absolute atomic E-state index is 0. The number of carbonyl (C=O) groups is 1. The highest BCUT2D eigenvalue weighted by atomic mass is 16.5. The molecule has 0 atom stereocenters. The van der Waals surface area contributed by atoms with E-state index in [1.165, 1.54) is 0 Å². The van der Waals surface area contributed by atoms with Crippen molar-refractivity contribution in [3.8, 4) is 5.75 Å². The smallest absolute Gasteiger partial charge is 0.181 e. The summed E-state index contributed by atoms with van der Waals surface area (Å²) in [5.74, 6) is 1.72. The molecule has 0 amide bonds. The highest BCUT2D eigenvalue weighted by Crippen LogP contribution is 2.28. The Bertz CT molecular complexity index is 842. The highest BCUT2D eigenvalue weighted by Gasteiger charge is 2.18. The van der Waals surface area contributed by atoms with Crippen molar-refractivity contribution in [1.82, 2.24) is 9.80 Å². The van der Waals surface area contributed by atoms with Gasteiger partial charge in [-0.1, -0.05) is 24.3 Å². The number of ether oxygens (including phenoxy) is 1. The van der Waals surface area contributed by atoms with Gasteiger partial charge in [0.15, 0.2) is 5.78 Å². The molecule has 5 heteroatoms. The zero-order chi connectivity index (χ0) is 19.9. The van der Waals surface area contributed by atoms with E-state index in [-0.39, 0.29) is 7.21 Å². The maximum atomic E-state index is 12.7. The molecule has 150 valence electrons. The van der Waals surface area contributed by atoms with Crippen LogP contribution in [-0.4, -0.2) is 55.1 Å². The predicted molar refractivity (Wildman–Crippen MR) is 116 cm³/mol. The fourth-order valence-electron chi connectivity index (χ4n) is 3.38. The molecule has 0 N–H and O–H groups in total. The maximum absolute atomic E-state index is 12.7. The Labute approximate surface area is 169 Å². The van der Waals surface area contributed by atoms with E-state index in [1.54, 1.807) is 0 Å². The van der Waals surface area contributed by atoms with Crippen molar-refractivity contribution < 1.29 is 11.0 Å². The molecule has 5 nitrogen and oxygen atoms in total. The largest absolute Gasteiger partial charge is 0.494 e. The van der Waals surface area contributed by atoms with E-state index >= 15 is 0 Å². The van der Waals surface area contributed by atoms with Gasteiger partial charge in [-0.2, -0.15) is 0 Å². The zero-order valence-electron chi connectivity index (χ0n) is 17.0. The summed E-state index contributed by atoms with van der Waals surface area (Å²) in [5, 5.41) is 0. The first-order valence-corrected chi connectivity index (χ1v) is 9.90. The second-order valence-electron chi connectivity index (χ2n) is 7.22. The number of nitrogens with zero attached hydrogens (tertiary/aromatic N) is 3. The third-order valence-electron chi connectivity index (χ3n) is 4.92. The predicted octanol–water partition coefficient (Wildman–Crippen LogP) is 4.14. The molecular weight excluding hydrogens is 350 g/mol. The number of Topliss-reactive ketones (excluding diaryl/α,β-unsaturated/α-hetero) is 1. The van der Waals surface area contributed by atoms with Crippen molar-refractivity contribution in [3.63, 3.8) is 0 Å². The molecule has 2 aliphatic rings. The lowest BCUT2D eigenvalue weighted by atomic mass is 10.0. The Balaban J connectivity index is 0.00000300. The summed E-state index contributed by atoms with van der Waals surface area (Å²) in [6.07, 6.45) is 10.0. The lowest BCUT2D eigenvalue weighted by Gasteiger charge is -2.23. The molecule has 0 aromatic heterocycles. The molecule has 0 saturated carbocycles. The molecule has 0 fully saturated rings. The fraction of sp³-hybridized carbons (Fsp3) is 0.391. The van der Waals surface area contributed by atoms with Gasteiger partial charge in [0, 0.05) is 33.2 Å². The second kappa shape index (κ2) is 9.51. The summed E-state index contributed by atoms with van der Waals surface area (Å²) < 4.78 is 5.98. The van der Waals surface area contributed by atoms with E-state index in [9.17, 15) is 4.79 Å². The van der Waals surface area contributed by atoms with Gasteiger partial charge in [-0.25, -0.2) is 4.99 Å². The molecule has 0 saturated heterocycles. The number of benzene rings is 1. The fourth-order valence-corrected chi connectivity index (χ4v) is 3.38. The zero-order valence-corrected chi connectivity index (χ0v) is 17.0. The molecule has 0 radical (unpaired) electrons. The van der Waals surface area contributed by atoms with Crippen LogP contribution in [0.4, 0.5) is 0 Å². The summed E-state index contributed by atoms with van der Waals surface area (Å²) in [7, 11) is 4.04. The summed E-state index contributed by atoms with van der Waals surface area (Å²) in [6.45, 7) is 4.50. The van der Waals surface area contributed by atoms with Crippen molar-refractivity contribution in [2.75, 3.05) is 33.8 Å². The molecule has 28 heavy (non-hydrogen) atoms. The summed E-state index contributed by atoms with van der Waals surface area (Å²) in [6, 6.07) is 8.08. The SMILES string of the molecule is C/C=C/C1=C2/N=C(C=CN2C)C(=O)CCCN(C)CCCOc2cccc1c2.[HH]. The number of ketones is 1. The Morgan fingerprint density at radius 1 is 1.21 bits per heavy atom. The number of carbonyl (C=O) groups excluding carboxylic acids is 1. The van der Waals surface area contributed by atoms with Gasteiger partial charge in [0.2, 0.25) is 0 Å². The molecule has 1 aromatic rings. The first kappa shape index (κ1) is 20.1. The maximum Gasteiger partial charge on any atom is 0.181 e. The highest BCUT2D eigenvalue weighted by molar-refractivity contribution is 6.44. The van der Waals surface area contributed by atoms with Crippen molar-refractivity contribution in [2.45, 2.75) is 26.2 Å². The molecular formula is C23H31N3O2. The standard InChI is InChI=1S/C23H29N3O2.H2/c1-4-8-20-18-9-5-10-19(17-18)28-16-7-14-25(2)13-6-11-22(27)21-12-15-26(3)23(20)24-21;/h4-5,8-10,12,15,17H,6-7,11,13-14,16H2,1-3H3;1H/b8-4+,23-20+;. The first-order valence-electron chi connectivity index (χ1n) is 9.90. The van der Waals surface area contributed by atoms with Crippen LogP contribution < -0.4 is 4.74 Å². The van der Waals surface area contributed by atoms with Gasteiger partial charge in [-0.05, 0) is 57.1 Å². The molecule has 2 aliphatic heterocycles. The van der Waals surface area contributed by atoms with Crippen LogP contribution in [0.1, 0.15) is 33.2 Å². The average molecular weight is 382 g/mol. The van der Waals surface area contributed by atoms with E-state index in [2.05, 4.69) is 18.0 Å². The van der Waals surface area contributed by atoms with Crippen molar-refractivity contribution in [3.05, 3.63) is 60.1 Å². The van der Waals surface area contributed by atoms with E-state index in [1.807, 2.05) is 61.5 Å². The van der Waals surface area contributed by atoms with E-state index in [0.717, 1.165) is 48.6 Å². The van der Waals surface area contributed by atoms with Crippen LogP contribution in [0, 0.1) is 0 Å². The number of fused-ring (bicyclic) bond motifs is 3. The molecule has 0 unspecified atom stereocenters. The quantitative estimate of drug-likeness (QED) is 0.733. The molecule has 3 rings (SSSR count). The van der Waals surface area contributed by atoms with Crippen molar-refractivity contribution >= 4 is 17.1 Å². The van der Waals surface area contributed by atoms with Crippen LogP contribution in [0.15, 0.2) is 59.5 Å². The number of hydrogen-bond acceptors (Lipinski definition) is 5. The lowest BCUT2D eigenvalue weighted by Crippen LogP contribution is -2.25. The Hall–Kier alpha value is -2.66. The van der Waals surface area contributed by atoms with Gasteiger partial charge in [-0.3, -0.25) is 4.79 Å². The third-order valence-corrected chi connectivity index (χ3v) is 4.92. The molecule has 0 aliphatic carbocycles. The minimum atomic E-state index is 0. The number of hydrogen-bond donors (Lipinski definition) is 0. The Kier molecular flexibility index (Phi) is 6.82. The van der Waals surface area contributed by atoms with Crippen LogP contribution in [0.25, 0.3) is 5.57 Å². The Morgan fingerprint density at radius 2 is 2.04 bits per heavy atom. The van der Waals surface area contributed by atoms with E-state index < -0.39 is 0 Å². The van der Waals surface area contributed by atoms with Gasteiger partial charge in [0.05, 0.1) is 6.61 Å². The van der Waals surface area contributed by atoms with Crippen LogP contribution in [0.2, 0.25) is 0 Å². The van der Waals surface area contributed by atoms with E-state index in [0.29, 0.717) is 18.7 Å². The minimum Gasteiger partial charge on any atom is -0.494 e.